The van der Waals surface area contributed by atoms with E-state index in [-0.39, 0.29) is 24.4 Å². The fraction of sp³-hybridized carbons (Fsp3) is 0.650. The molecule has 2 saturated heterocycles. The molecular formula is C20H32N6O3. The molecule has 3 heterocycles. The van der Waals surface area contributed by atoms with Crippen LogP contribution < -0.4 is 10.6 Å². The monoisotopic (exact) mass is 404 g/mol. The molecule has 160 valence electrons. The van der Waals surface area contributed by atoms with E-state index in [4.69, 9.17) is 4.42 Å². The molecule has 1 aromatic rings. The normalized spacial score (nSPS) is 19.3. The van der Waals surface area contributed by atoms with Crippen LogP contribution >= 0.6 is 0 Å². The summed E-state index contributed by atoms with van der Waals surface area (Å²) in [6.07, 6.45) is 3.81. The van der Waals surface area contributed by atoms with Crippen LogP contribution in [0.4, 0.5) is 0 Å². The van der Waals surface area contributed by atoms with Crippen LogP contribution in [0.5, 0.6) is 0 Å². The number of nitrogens with one attached hydrogen (secondary N) is 2. The van der Waals surface area contributed by atoms with Gasteiger partial charge in [0.15, 0.2) is 5.96 Å². The Bertz CT molecular complexity index is 691. The third-order valence-electron chi connectivity index (χ3n) is 5.60. The van der Waals surface area contributed by atoms with E-state index in [0.717, 1.165) is 57.9 Å². The van der Waals surface area contributed by atoms with Gasteiger partial charge in [-0.25, -0.2) is 0 Å². The highest BCUT2D eigenvalue weighted by molar-refractivity contribution is 5.86. The smallest absolute Gasteiger partial charge is 0.239 e. The summed E-state index contributed by atoms with van der Waals surface area (Å²) >= 11 is 0. The number of furan rings is 1. The molecule has 2 fully saturated rings. The second kappa shape index (κ2) is 10.3. The molecule has 9 nitrogen and oxygen atoms in total. The van der Waals surface area contributed by atoms with Crippen molar-refractivity contribution in [3.63, 3.8) is 0 Å². The predicted molar refractivity (Wildman–Crippen MR) is 110 cm³/mol. The molecule has 0 spiro atoms. The number of aliphatic imine (C=N–C) groups is 1. The Morgan fingerprint density at radius 1 is 1.10 bits per heavy atom. The highest BCUT2D eigenvalue weighted by Crippen LogP contribution is 2.14. The maximum Gasteiger partial charge on any atom is 0.239 e. The van der Waals surface area contributed by atoms with Gasteiger partial charge in [0.1, 0.15) is 5.76 Å². The average Bonchev–Trinajstić information content (AvgIpc) is 3.46. The summed E-state index contributed by atoms with van der Waals surface area (Å²) in [5, 5.41) is 5.93. The minimum Gasteiger partial charge on any atom is -0.467 e. The van der Waals surface area contributed by atoms with Crippen molar-refractivity contribution >= 4 is 17.8 Å². The zero-order valence-electron chi connectivity index (χ0n) is 17.4. The summed E-state index contributed by atoms with van der Waals surface area (Å²) in [6.45, 7) is 7.44. The number of likely N-dealkylation sites (tertiary alicyclic amines) is 1. The molecule has 1 atom stereocenters. The lowest BCUT2D eigenvalue weighted by molar-refractivity contribution is -0.135. The van der Waals surface area contributed by atoms with Crippen molar-refractivity contribution in [2.75, 3.05) is 52.9 Å². The van der Waals surface area contributed by atoms with Crippen LogP contribution in [0.15, 0.2) is 27.8 Å². The van der Waals surface area contributed by atoms with Crippen LogP contribution in [0.25, 0.3) is 0 Å². The van der Waals surface area contributed by atoms with Gasteiger partial charge in [-0.1, -0.05) is 0 Å². The van der Waals surface area contributed by atoms with Gasteiger partial charge in [-0.15, -0.1) is 0 Å². The lowest BCUT2D eigenvalue weighted by Gasteiger charge is -2.39. The van der Waals surface area contributed by atoms with Crippen molar-refractivity contribution in [1.29, 1.82) is 0 Å². The fourth-order valence-corrected chi connectivity index (χ4v) is 3.83. The molecule has 3 rings (SSSR count). The zero-order chi connectivity index (χ0) is 20.6. The number of guanidine groups is 1. The van der Waals surface area contributed by atoms with Gasteiger partial charge >= 0.3 is 0 Å². The average molecular weight is 405 g/mol. The van der Waals surface area contributed by atoms with E-state index in [0.29, 0.717) is 12.5 Å². The molecule has 0 saturated carbocycles. The first-order chi connectivity index (χ1) is 14.1. The number of carbonyl (C=O) groups excluding carboxylic acids is 2. The number of rotatable bonds is 6. The Balaban J connectivity index is 1.40. The number of amides is 2. The predicted octanol–water partition coefficient (Wildman–Crippen LogP) is 0.0997. The molecule has 0 aliphatic carbocycles. The van der Waals surface area contributed by atoms with Gasteiger partial charge in [-0.3, -0.25) is 19.5 Å². The van der Waals surface area contributed by atoms with Gasteiger partial charge in [0.25, 0.3) is 0 Å². The molecule has 2 amide bonds. The van der Waals surface area contributed by atoms with E-state index in [1.165, 1.54) is 0 Å². The number of hydrogen-bond acceptors (Lipinski definition) is 5. The zero-order valence-corrected chi connectivity index (χ0v) is 17.4. The molecule has 2 aliphatic heterocycles. The molecular weight excluding hydrogens is 372 g/mol. The summed E-state index contributed by atoms with van der Waals surface area (Å²) < 4.78 is 5.21. The Morgan fingerprint density at radius 2 is 1.83 bits per heavy atom. The summed E-state index contributed by atoms with van der Waals surface area (Å²) in [7, 11) is 1.72. The molecule has 1 unspecified atom stereocenters. The number of hydrogen-bond donors (Lipinski definition) is 2. The van der Waals surface area contributed by atoms with Gasteiger partial charge in [0, 0.05) is 46.3 Å². The first kappa shape index (κ1) is 21.2. The van der Waals surface area contributed by atoms with Crippen LogP contribution in [0.3, 0.4) is 0 Å². The lowest BCUT2D eigenvalue weighted by Crippen LogP contribution is -2.57. The van der Waals surface area contributed by atoms with E-state index < -0.39 is 0 Å². The topological polar surface area (TPSA) is 93.4 Å². The molecule has 0 aromatic carbocycles. The molecule has 0 radical (unpaired) electrons. The molecule has 1 aromatic heterocycles. The van der Waals surface area contributed by atoms with Crippen molar-refractivity contribution in [3.8, 4) is 0 Å². The van der Waals surface area contributed by atoms with Crippen LogP contribution in [0.2, 0.25) is 0 Å². The second-order valence-corrected chi connectivity index (χ2v) is 7.49. The minimum absolute atomic E-state index is 0.0856. The Kier molecular flexibility index (Phi) is 7.51. The van der Waals surface area contributed by atoms with E-state index >= 15 is 0 Å². The maximum atomic E-state index is 12.6. The van der Waals surface area contributed by atoms with Gasteiger partial charge < -0.3 is 24.9 Å². The molecule has 0 bridgehead atoms. The fourth-order valence-electron chi connectivity index (χ4n) is 3.83. The van der Waals surface area contributed by atoms with Crippen LogP contribution in [-0.2, 0) is 16.1 Å². The minimum atomic E-state index is -0.119. The third-order valence-corrected chi connectivity index (χ3v) is 5.60. The molecule has 9 heteroatoms. The van der Waals surface area contributed by atoms with Crippen LogP contribution in [0.1, 0.15) is 25.5 Å². The molecule has 2 N–H and O–H groups in total. The summed E-state index contributed by atoms with van der Waals surface area (Å²) in [5.41, 5.74) is 0. The highest BCUT2D eigenvalue weighted by atomic mass is 16.3. The Labute approximate surface area is 172 Å². The lowest BCUT2D eigenvalue weighted by atomic mass is 10.2. The van der Waals surface area contributed by atoms with E-state index in [1.807, 2.05) is 17.9 Å². The van der Waals surface area contributed by atoms with E-state index in [9.17, 15) is 9.59 Å². The SMILES string of the molecule is CN=C(NCC(=O)NCc1ccco1)N1CCN(C(C)C(=O)N2CCCC2)CC1. The largest absolute Gasteiger partial charge is 0.467 e. The Hall–Kier alpha value is -2.55. The highest BCUT2D eigenvalue weighted by Gasteiger charge is 2.30. The van der Waals surface area contributed by atoms with Gasteiger partial charge in [-0.05, 0) is 31.9 Å². The first-order valence-electron chi connectivity index (χ1n) is 10.4. The van der Waals surface area contributed by atoms with Crippen molar-refractivity contribution in [1.82, 2.24) is 25.3 Å². The standard InChI is InChI=1S/C20H32N6O3/c1-16(19(28)25-7-3-4-8-25)24-9-11-26(12-10-24)20(21-2)23-15-18(27)22-14-17-6-5-13-29-17/h5-6,13,16H,3-4,7-12,14-15H2,1-2H3,(H,21,23)(H,22,27). The van der Waals surface area contributed by atoms with Gasteiger partial charge in [0.2, 0.25) is 11.8 Å². The number of piperazine rings is 1. The van der Waals surface area contributed by atoms with Gasteiger partial charge in [-0.2, -0.15) is 0 Å². The van der Waals surface area contributed by atoms with Crippen molar-refractivity contribution in [3.05, 3.63) is 24.2 Å². The Morgan fingerprint density at radius 3 is 2.45 bits per heavy atom. The molecule has 2 aliphatic rings. The van der Waals surface area contributed by atoms with Crippen molar-refractivity contribution < 1.29 is 14.0 Å². The summed E-state index contributed by atoms with van der Waals surface area (Å²) in [4.78, 5) is 35.3. The first-order valence-corrected chi connectivity index (χ1v) is 10.4. The maximum absolute atomic E-state index is 12.6. The molecule has 29 heavy (non-hydrogen) atoms. The van der Waals surface area contributed by atoms with Crippen molar-refractivity contribution in [2.45, 2.75) is 32.4 Å². The van der Waals surface area contributed by atoms with Crippen LogP contribution in [0, 0.1) is 0 Å². The van der Waals surface area contributed by atoms with Crippen molar-refractivity contribution in [2.24, 2.45) is 4.99 Å². The van der Waals surface area contributed by atoms with E-state index in [2.05, 4.69) is 25.4 Å². The number of carbonyl (C=O) groups is 2. The third kappa shape index (κ3) is 5.72. The summed E-state index contributed by atoms with van der Waals surface area (Å²) in [5.74, 6) is 1.55. The van der Waals surface area contributed by atoms with Crippen LogP contribution in [-0.4, -0.2) is 91.4 Å². The van der Waals surface area contributed by atoms with Gasteiger partial charge in [0.05, 0.1) is 25.4 Å². The quantitative estimate of drug-likeness (QED) is 0.516. The second-order valence-electron chi connectivity index (χ2n) is 7.49. The summed E-state index contributed by atoms with van der Waals surface area (Å²) in [6, 6.07) is 3.53. The van der Waals surface area contributed by atoms with E-state index in [1.54, 1.807) is 19.4 Å². The number of nitrogens with zero attached hydrogens (tertiary/aromatic N) is 4.